The predicted octanol–water partition coefficient (Wildman–Crippen LogP) is 4.26. The minimum atomic E-state index is 0.590. The molecule has 0 unspecified atom stereocenters. The van der Waals surface area contributed by atoms with Crippen LogP contribution < -0.4 is 5.73 Å². The second-order valence-corrected chi connectivity index (χ2v) is 4.16. The molecule has 0 aromatic heterocycles. The first-order chi connectivity index (χ1) is 7.02. The van der Waals surface area contributed by atoms with Gasteiger partial charge in [0.05, 0.1) is 0 Å². The van der Waals surface area contributed by atoms with E-state index in [4.69, 9.17) is 28.9 Å². The molecular formula is C12H13Cl2N. The molecule has 0 saturated carbocycles. The summed E-state index contributed by atoms with van der Waals surface area (Å²) in [5, 5.41) is 1.18. The molecule has 2 N–H and O–H groups in total. The highest BCUT2D eigenvalue weighted by molar-refractivity contribution is 6.34. The summed E-state index contributed by atoms with van der Waals surface area (Å²) in [7, 11) is 0. The van der Waals surface area contributed by atoms with Crippen LogP contribution in [0.2, 0.25) is 10.0 Å². The molecule has 0 bridgehead atoms. The first kappa shape index (κ1) is 12.2. The summed E-state index contributed by atoms with van der Waals surface area (Å²) in [6.07, 6.45) is 3.88. The molecule has 0 fully saturated rings. The van der Waals surface area contributed by atoms with Crippen LogP contribution in [0.4, 0.5) is 0 Å². The van der Waals surface area contributed by atoms with Gasteiger partial charge in [-0.1, -0.05) is 34.9 Å². The number of allylic oxidation sites excluding steroid dienone is 3. The molecule has 0 spiro atoms. The Labute approximate surface area is 100 Å². The van der Waals surface area contributed by atoms with Crippen LogP contribution >= 0.6 is 23.2 Å². The van der Waals surface area contributed by atoms with Gasteiger partial charge in [0.15, 0.2) is 0 Å². The summed E-state index contributed by atoms with van der Waals surface area (Å²) in [5.41, 5.74) is 8.52. The largest absolute Gasteiger partial charge is 0.398 e. The highest BCUT2D eigenvalue weighted by atomic mass is 35.5. The Bertz CT molecular complexity index is 399. The third-order valence-corrected chi connectivity index (χ3v) is 2.47. The molecule has 1 rings (SSSR count). The van der Waals surface area contributed by atoms with Crippen molar-refractivity contribution in [2.24, 2.45) is 5.73 Å². The van der Waals surface area contributed by atoms with E-state index in [1.54, 1.807) is 18.2 Å². The third-order valence-electron chi connectivity index (χ3n) is 2.03. The van der Waals surface area contributed by atoms with Crippen LogP contribution in [0, 0.1) is 0 Å². The van der Waals surface area contributed by atoms with Crippen LogP contribution in [0.1, 0.15) is 19.4 Å². The minimum absolute atomic E-state index is 0.590. The fourth-order valence-electron chi connectivity index (χ4n) is 1.13. The molecule has 0 aliphatic rings. The highest BCUT2D eigenvalue weighted by Crippen LogP contribution is 2.22. The van der Waals surface area contributed by atoms with Gasteiger partial charge in [0, 0.05) is 21.3 Å². The van der Waals surface area contributed by atoms with Gasteiger partial charge in [-0.25, -0.2) is 0 Å². The van der Waals surface area contributed by atoms with E-state index < -0.39 is 0 Å². The lowest BCUT2D eigenvalue weighted by Crippen LogP contribution is -1.96. The number of hydrogen-bond acceptors (Lipinski definition) is 1. The normalized spacial score (nSPS) is 13.1. The van der Waals surface area contributed by atoms with Crippen LogP contribution in [0.25, 0.3) is 5.70 Å². The summed E-state index contributed by atoms with van der Waals surface area (Å²) in [6, 6.07) is 5.27. The van der Waals surface area contributed by atoms with Crippen LogP contribution in [0.3, 0.4) is 0 Å². The molecule has 80 valence electrons. The Morgan fingerprint density at radius 3 is 2.20 bits per heavy atom. The van der Waals surface area contributed by atoms with Gasteiger partial charge >= 0.3 is 0 Å². The second kappa shape index (κ2) is 5.24. The van der Waals surface area contributed by atoms with Crippen molar-refractivity contribution >= 4 is 28.9 Å². The van der Waals surface area contributed by atoms with Crippen LogP contribution in [-0.4, -0.2) is 0 Å². The lowest BCUT2D eigenvalue weighted by molar-refractivity contribution is 1.43. The average Bonchev–Trinajstić information content (AvgIpc) is 2.16. The van der Waals surface area contributed by atoms with Gasteiger partial charge in [0.25, 0.3) is 0 Å². The zero-order valence-electron chi connectivity index (χ0n) is 8.72. The van der Waals surface area contributed by atoms with E-state index in [1.165, 1.54) is 0 Å². The zero-order chi connectivity index (χ0) is 11.4. The molecule has 3 heteroatoms. The quantitative estimate of drug-likeness (QED) is 0.770. The molecule has 1 nitrogen and oxygen atoms in total. The maximum Gasteiger partial charge on any atom is 0.0427 e. The van der Waals surface area contributed by atoms with Gasteiger partial charge in [0.2, 0.25) is 0 Å². The number of rotatable bonds is 2. The summed E-state index contributed by atoms with van der Waals surface area (Å²) in [6.45, 7) is 3.95. The Morgan fingerprint density at radius 1 is 1.20 bits per heavy atom. The van der Waals surface area contributed by atoms with Gasteiger partial charge in [-0.3, -0.25) is 0 Å². The molecule has 1 aromatic carbocycles. The molecule has 0 aliphatic carbocycles. The fourth-order valence-corrected chi connectivity index (χ4v) is 1.66. The van der Waals surface area contributed by atoms with Gasteiger partial charge < -0.3 is 5.73 Å². The first-order valence-corrected chi connectivity index (χ1v) is 5.35. The van der Waals surface area contributed by atoms with Crippen molar-refractivity contribution in [2.45, 2.75) is 13.8 Å². The summed E-state index contributed by atoms with van der Waals surface area (Å²) in [5.74, 6) is 0. The number of halogens is 2. The molecule has 0 atom stereocenters. The number of benzene rings is 1. The molecule has 1 aromatic rings. The second-order valence-electron chi connectivity index (χ2n) is 3.29. The van der Waals surface area contributed by atoms with Crippen molar-refractivity contribution in [3.63, 3.8) is 0 Å². The molecular weight excluding hydrogens is 229 g/mol. The van der Waals surface area contributed by atoms with E-state index in [2.05, 4.69) is 0 Å². The minimum Gasteiger partial charge on any atom is -0.398 e. The monoisotopic (exact) mass is 241 g/mol. The average molecular weight is 242 g/mol. The maximum absolute atomic E-state index is 5.91. The third kappa shape index (κ3) is 3.61. The van der Waals surface area contributed by atoms with Crippen molar-refractivity contribution in [1.29, 1.82) is 0 Å². The first-order valence-electron chi connectivity index (χ1n) is 4.59. The van der Waals surface area contributed by atoms with Crippen LogP contribution in [0.5, 0.6) is 0 Å². The molecule has 0 aliphatic heterocycles. The Kier molecular flexibility index (Phi) is 4.25. The molecule has 0 radical (unpaired) electrons. The molecule has 0 amide bonds. The van der Waals surface area contributed by atoms with E-state index in [9.17, 15) is 0 Å². The summed E-state index contributed by atoms with van der Waals surface area (Å²) < 4.78 is 0. The smallest absolute Gasteiger partial charge is 0.0427 e. The topological polar surface area (TPSA) is 26.0 Å². The van der Waals surface area contributed by atoms with Crippen molar-refractivity contribution in [3.05, 3.63) is 51.5 Å². The highest BCUT2D eigenvalue weighted by Gasteiger charge is 2.00. The van der Waals surface area contributed by atoms with Crippen molar-refractivity contribution in [1.82, 2.24) is 0 Å². The SMILES string of the molecule is C/C=C(C)\C=C(/N)c1cc(Cl)cc(Cl)c1. The van der Waals surface area contributed by atoms with Gasteiger partial charge in [-0.15, -0.1) is 0 Å². The molecule has 0 heterocycles. The van der Waals surface area contributed by atoms with E-state index in [0.717, 1.165) is 11.1 Å². The number of hydrogen-bond donors (Lipinski definition) is 1. The van der Waals surface area contributed by atoms with Gasteiger partial charge in [0.1, 0.15) is 0 Å². The maximum atomic E-state index is 5.91. The number of nitrogens with two attached hydrogens (primary N) is 1. The van der Waals surface area contributed by atoms with E-state index in [0.29, 0.717) is 15.7 Å². The zero-order valence-corrected chi connectivity index (χ0v) is 10.2. The van der Waals surface area contributed by atoms with E-state index in [-0.39, 0.29) is 0 Å². The standard InChI is InChI=1S/C12H13Cl2N/c1-3-8(2)4-12(15)9-5-10(13)7-11(14)6-9/h3-7H,15H2,1-2H3/b8-3-,12-4-. The van der Waals surface area contributed by atoms with Crippen molar-refractivity contribution < 1.29 is 0 Å². The Hall–Kier alpha value is -0.920. The summed E-state index contributed by atoms with van der Waals surface area (Å²) >= 11 is 11.8. The Morgan fingerprint density at radius 2 is 1.73 bits per heavy atom. The predicted molar refractivity (Wildman–Crippen MR) is 68.1 cm³/mol. The van der Waals surface area contributed by atoms with Gasteiger partial charge in [-0.2, -0.15) is 0 Å². The van der Waals surface area contributed by atoms with Crippen LogP contribution in [-0.2, 0) is 0 Å². The van der Waals surface area contributed by atoms with Crippen LogP contribution in [0.15, 0.2) is 35.9 Å². The molecule has 0 saturated heterocycles. The van der Waals surface area contributed by atoms with E-state index >= 15 is 0 Å². The lowest BCUT2D eigenvalue weighted by atomic mass is 10.1. The lowest BCUT2D eigenvalue weighted by Gasteiger charge is -2.03. The summed E-state index contributed by atoms with van der Waals surface area (Å²) in [4.78, 5) is 0. The van der Waals surface area contributed by atoms with Crippen molar-refractivity contribution in [3.8, 4) is 0 Å². The Balaban J connectivity index is 3.11. The van der Waals surface area contributed by atoms with Gasteiger partial charge in [-0.05, 0) is 38.1 Å². The van der Waals surface area contributed by atoms with E-state index in [1.807, 2.05) is 26.0 Å². The fraction of sp³-hybridized carbons (Fsp3) is 0.167. The molecule has 15 heavy (non-hydrogen) atoms. The van der Waals surface area contributed by atoms with Crippen molar-refractivity contribution in [2.75, 3.05) is 0 Å².